The Labute approximate surface area is 126 Å². The average molecular weight is 341 g/mol. The van der Waals surface area contributed by atoms with Crippen LogP contribution in [0.15, 0.2) is 40.9 Å². The van der Waals surface area contributed by atoms with E-state index in [1.165, 1.54) is 0 Å². The van der Waals surface area contributed by atoms with Crippen LogP contribution in [0.25, 0.3) is 0 Å². The molecule has 0 atom stereocenters. The molecule has 0 aliphatic carbocycles. The standard InChI is InChI=1S/C15H15BrClNO/c1-10-8-11(6-7-13(10)16)19-15-5-3-4-14(17)12(15)9-18-2/h3-8,18H,9H2,1-2H3. The Morgan fingerprint density at radius 1 is 1.26 bits per heavy atom. The maximum absolute atomic E-state index is 6.20. The fraction of sp³-hybridized carbons (Fsp3) is 0.200. The fourth-order valence-corrected chi connectivity index (χ4v) is 2.27. The smallest absolute Gasteiger partial charge is 0.133 e. The molecule has 2 rings (SSSR count). The van der Waals surface area contributed by atoms with E-state index < -0.39 is 0 Å². The summed E-state index contributed by atoms with van der Waals surface area (Å²) in [6.45, 7) is 2.70. The van der Waals surface area contributed by atoms with Crippen molar-refractivity contribution >= 4 is 27.5 Å². The first-order valence-corrected chi connectivity index (χ1v) is 7.15. The van der Waals surface area contributed by atoms with Crippen molar-refractivity contribution in [1.82, 2.24) is 5.32 Å². The molecule has 100 valence electrons. The quantitative estimate of drug-likeness (QED) is 0.852. The number of hydrogen-bond acceptors (Lipinski definition) is 2. The van der Waals surface area contributed by atoms with Gasteiger partial charge in [-0.3, -0.25) is 0 Å². The topological polar surface area (TPSA) is 21.3 Å². The Bertz CT molecular complexity index is 586. The predicted molar refractivity (Wildman–Crippen MR) is 83.2 cm³/mol. The van der Waals surface area contributed by atoms with E-state index in [1.807, 2.05) is 50.4 Å². The highest BCUT2D eigenvalue weighted by molar-refractivity contribution is 9.10. The molecule has 0 saturated carbocycles. The summed E-state index contributed by atoms with van der Waals surface area (Å²) in [6.07, 6.45) is 0. The van der Waals surface area contributed by atoms with E-state index in [2.05, 4.69) is 21.2 Å². The second-order valence-corrected chi connectivity index (χ2v) is 5.52. The minimum absolute atomic E-state index is 0.671. The van der Waals surface area contributed by atoms with Gasteiger partial charge in [-0.25, -0.2) is 0 Å². The first-order valence-electron chi connectivity index (χ1n) is 5.98. The summed E-state index contributed by atoms with van der Waals surface area (Å²) in [6, 6.07) is 11.6. The van der Waals surface area contributed by atoms with Crippen molar-refractivity contribution in [3.8, 4) is 11.5 Å². The van der Waals surface area contributed by atoms with Crippen LogP contribution in [0.2, 0.25) is 5.02 Å². The van der Waals surface area contributed by atoms with Crippen LogP contribution < -0.4 is 10.1 Å². The van der Waals surface area contributed by atoms with Crippen LogP contribution in [0, 0.1) is 6.92 Å². The third-order valence-electron chi connectivity index (χ3n) is 2.79. The van der Waals surface area contributed by atoms with E-state index in [0.29, 0.717) is 11.6 Å². The largest absolute Gasteiger partial charge is 0.457 e. The van der Waals surface area contributed by atoms with Crippen LogP contribution in [0.5, 0.6) is 11.5 Å². The van der Waals surface area contributed by atoms with Crippen molar-refractivity contribution < 1.29 is 4.74 Å². The van der Waals surface area contributed by atoms with Crippen molar-refractivity contribution in [3.63, 3.8) is 0 Å². The van der Waals surface area contributed by atoms with E-state index >= 15 is 0 Å². The summed E-state index contributed by atoms with van der Waals surface area (Å²) in [5.41, 5.74) is 2.10. The maximum Gasteiger partial charge on any atom is 0.133 e. The molecule has 0 bridgehead atoms. The molecular formula is C15H15BrClNO. The highest BCUT2D eigenvalue weighted by Gasteiger charge is 2.09. The molecule has 0 spiro atoms. The lowest BCUT2D eigenvalue weighted by Crippen LogP contribution is -2.07. The van der Waals surface area contributed by atoms with Gasteiger partial charge in [-0.2, -0.15) is 0 Å². The maximum atomic E-state index is 6.20. The molecule has 2 nitrogen and oxygen atoms in total. The molecule has 0 amide bonds. The summed E-state index contributed by atoms with van der Waals surface area (Å²) >= 11 is 9.68. The summed E-state index contributed by atoms with van der Waals surface area (Å²) in [5, 5.41) is 3.81. The molecule has 0 aliphatic heterocycles. The Hall–Kier alpha value is -1.03. The van der Waals surface area contributed by atoms with Gasteiger partial charge < -0.3 is 10.1 Å². The number of ether oxygens (including phenoxy) is 1. The molecule has 4 heteroatoms. The van der Waals surface area contributed by atoms with Crippen molar-refractivity contribution in [2.24, 2.45) is 0 Å². The number of nitrogens with one attached hydrogen (secondary N) is 1. The minimum Gasteiger partial charge on any atom is -0.457 e. The lowest BCUT2D eigenvalue weighted by atomic mass is 10.2. The van der Waals surface area contributed by atoms with E-state index in [1.54, 1.807) is 0 Å². The van der Waals surface area contributed by atoms with Crippen molar-refractivity contribution in [2.45, 2.75) is 13.5 Å². The monoisotopic (exact) mass is 339 g/mol. The van der Waals surface area contributed by atoms with Crippen LogP contribution in [-0.4, -0.2) is 7.05 Å². The van der Waals surface area contributed by atoms with Crippen LogP contribution in [0.3, 0.4) is 0 Å². The fourth-order valence-electron chi connectivity index (χ4n) is 1.79. The van der Waals surface area contributed by atoms with Gasteiger partial charge in [0.25, 0.3) is 0 Å². The van der Waals surface area contributed by atoms with Crippen LogP contribution in [0.1, 0.15) is 11.1 Å². The van der Waals surface area contributed by atoms with Gasteiger partial charge in [0, 0.05) is 21.6 Å². The Morgan fingerprint density at radius 3 is 2.74 bits per heavy atom. The second-order valence-electron chi connectivity index (χ2n) is 4.26. The highest BCUT2D eigenvalue weighted by atomic mass is 79.9. The van der Waals surface area contributed by atoms with Crippen molar-refractivity contribution in [3.05, 3.63) is 57.0 Å². The number of halogens is 2. The van der Waals surface area contributed by atoms with E-state index in [4.69, 9.17) is 16.3 Å². The molecule has 1 N–H and O–H groups in total. The van der Waals surface area contributed by atoms with Gasteiger partial charge in [0.15, 0.2) is 0 Å². The molecule has 0 unspecified atom stereocenters. The van der Waals surface area contributed by atoms with E-state index in [0.717, 1.165) is 27.1 Å². The molecule has 0 radical (unpaired) electrons. The van der Waals surface area contributed by atoms with E-state index in [9.17, 15) is 0 Å². The van der Waals surface area contributed by atoms with Crippen LogP contribution in [-0.2, 0) is 6.54 Å². The third-order valence-corrected chi connectivity index (χ3v) is 4.03. The van der Waals surface area contributed by atoms with Gasteiger partial charge in [-0.1, -0.05) is 33.6 Å². The highest BCUT2D eigenvalue weighted by Crippen LogP contribution is 2.31. The van der Waals surface area contributed by atoms with Crippen LogP contribution in [0.4, 0.5) is 0 Å². The second kappa shape index (κ2) is 6.42. The lowest BCUT2D eigenvalue weighted by Gasteiger charge is -2.13. The zero-order valence-electron chi connectivity index (χ0n) is 10.8. The van der Waals surface area contributed by atoms with Gasteiger partial charge in [0.1, 0.15) is 11.5 Å². The van der Waals surface area contributed by atoms with Gasteiger partial charge in [-0.05, 0) is 49.9 Å². The number of aryl methyl sites for hydroxylation is 1. The first-order chi connectivity index (χ1) is 9.11. The zero-order chi connectivity index (χ0) is 13.8. The first kappa shape index (κ1) is 14.4. The molecule has 0 aromatic heterocycles. The Balaban J connectivity index is 2.32. The SMILES string of the molecule is CNCc1c(Cl)cccc1Oc1ccc(Br)c(C)c1. The van der Waals surface area contributed by atoms with Gasteiger partial charge in [-0.15, -0.1) is 0 Å². The Kier molecular flexibility index (Phi) is 4.86. The summed E-state index contributed by atoms with van der Waals surface area (Å²) in [4.78, 5) is 0. The minimum atomic E-state index is 0.671. The number of rotatable bonds is 4. The van der Waals surface area contributed by atoms with Crippen LogP contribution >= 0.6 is 27.5 Å². The number of benzene rings is 2. The van der Waals surface area contributed by atoms with Crippen molar-refractivity contribution in [2.75, 3.05) is 7.05 Å². The predicted octanol–water partition coefficient (Wildman–Crippen LogP) is 4.92. The van der Waals surface area contributed by atoms with Crippen molar-refractivity contribution in [1.29, 1.82) is 0 Å². The Morgan fingerprint density at radius 2 is 2.05 bits per heavy atom. The lowest BCUT2D eigenvalue weighted by molar-refractivity contribution is 0.474. The average Bonchev–Trinajstić information content (AvgIpc) is 2.38. The molecular weight excluding hydrogens is 326 g/mol. The summed E-state index contributed by atoms with van der Waals surface area (Å²) < 4.78 is 7.00. The summed E-state index contributed by atoms with van der Waals surface area (Å²) in [7, 11) is 1.89. The van der Waals surface area contributed by atoms with Gasteiger partial charge >= 0.3 is 0 Å². The molecule has 0 fully saturated rings. The molecule has 0 heterocycles. The van der Waals surface area contributed by atoms with Gasteiger partial charge in [0.05, 0.1) is 0 Å². The zero-order valence-corrected chi connectivity index (χ0v) is 13.2. The molecule has 2 aromatic carbocycles. The van der Waals surface area contributed by atoms with E-state index in [-0.39, 0.29) is 0 Å². The van der Waals surface area contributed by atoms with Gasteiger partial charge in [0.2, 0.25) is 0 Å². The molecule has 19 heavy (non-hydrogen) atoms. The normalized spacial score (nSPS) is 10.5. The number of hydrogen-bond donors (Lipinski definition) is 1. The summed E-state index contributed by atoms with van der Waals surface area (Å²) in [5.74, 6) is 1.59. The molecule has 0 aliphatic rings. The molecule has 2 aromatic rings. The molecule has 0 saturated heterocycles. The third kappa shape index (κ3) is 3.50.